The Labute approximate surface area is 174 Å². The molecule has 0 spiro atoms. The average Bonchev–Trinajstić information content (AvgIpc) is 3.03. The van der Waals surface area contributed by atoms with Gasteiger partial charge in [-0.1, -0.05) is 43.2 Å². The molecule has 0 saturated carbocycles. The third kappa shape index (κ3) is 5.90. The number of rotatable bonds is 7. The molecule has 0 aliphatic carbocycles. The van der Waals surface area contributed by atoms with E-state index in [1.807, 2.05) is 25.1 Å². The Balaban J connectivity index is 1.58. The summed E-state index contributed by atoms with van der Waals surface area (Å²) in [5.41, 5.74) is 1.73. The van der Waals surface area contributed by atoms with Crippen molar-refractivity contribution in [1.82, 2.24) is 9.62 Å². The minimum absolute atomic E-state index is 0.0308. The van der Waals surface area contributed by atoms with Crippen LogP contribution in [0.2, 0.25) is 0 Å². The second-order valence-corrected chi connectivity index (χ2v) is 9.68. The van der Waals surface area contributed by atoms with Crippen LogP contribution in [0.15, 0.2) is 59.5 Å². The van der Waals surface area contributed by atoms with E-state index < -0.39 is 10.0 Å². The Kier molecular flexibility index (Phi) is 7.45. The first-order valence-electron chi connectivity index (χ1n) is 10.4. The second kappa shape index (κ2) is 10.0. The van der Waals surface area contributed by atoms with Crippen molar-refractivity contribution < 1.29 is 13.2 Å². The Morgan fingerprint density at radius 2 is 1.59 bits per heavy atom. The molecule has 0 unspecified atom stereocenters. The highest BCUT2D eigenvalue weighted by Crippen LogP contribution is 2.20. The number of amides is 1. The summed E-state index contributed by atoms with van der Waals surface area (Å²) in [6, 6.07) is 16.5. The maximum absolute atomic E-state index is 12.8. The smallest absolute Gasteiger partial charge is 0.251 e. The second-order valence-electron chi connectivity index (χ2n) is 7.74. The van der Waals surface area contributed by atoms with E-state index in [4.69, 9.17) is 0 Å². The fraction of sp³-hybridized carbons (Fsp3) is 0.435. The van der Waals surface area contributed by atoms with Gasteiger partial charge in [0.15, 0.2) is 0 Å². The van der Waals surface area contributed by atoms with E-state index in [0.29, 0.717) is 18.7 Å². The number of carbonyl (C=O) groups excluding carboxylic acids is 1. The Hall–Kier alpha value is -2.18. The number of sulfonamides is 1. The minimum atomic E-state index is -3.49. The van der Waals surface area contributed by atoms with Gasteiger partial charge in [0.1, 0.15) is 0 Å². The van der Waals surface area contributed by atoms with Gasteiger partial charge in [-0.25, -0.2) is 8.42 Å². The first-order valence-corrected chi connectivity index (χ1v) is 11.9. The van der Waals surface area contributed by atoms with Crippen molar-refractivity contribution in [2.45, 2.75) is 56.4 Å². The van der Waals surface area contributed by atoms with Crippen LogP contribution in [0.4, 0.5) is 0 Å². The number of hydrogen-bond acceptors (Lipinski definition) is 3. The van der Waals surface area contributed by atoms with Crippen molar-refractivity contribution in [2.75, 3.05) is 13.1 Å². The van der Waals surface area contributed by atoms with E-state index in [2.05, 4.69) is 17.4 Å². The molecule has 1 fully saturated rings. The van der Waals surface area contributed by atoms with Gasteiger partial charge in [0.2, 0.25) is 10.0 Å². The Bertz CT molecular complexity index is 887. The summed E-state index contributed by atoms with van der Waals surface area (Å²) < 4.78 is 27.3. The van der Waals surface area contributed by atoms with Gasteiger partial charge in [0.25, 0.3) is 5.91 Å². The SMILES string of the molecule is C[C@@H](CCc1ccccc1)NC(=O)c1ccc(S(=O)(=O)N2CCCCCC2)cc1. The lowest BCUT2D eigenvalue weighted by atomic mass is 10.1. The lowest BCUT2D eigenvalue weighted by Gasteiger charge is -2.20. The highest BCUT2D eigenvalue weighted by molar-refractivity contribution is 7.89. The lowest BCUT2D eigenvalue weighted by molar-refractivity contribution is 0.0938. The number of nitrogens with one attached hydrogen (secondary N) is 1. The predicted molar refractivity (Wildman–Crippen MR) is 115 cm³/mol. The van der Waals surface area contributed by atoms with E-state index in [9.17, 15) is 13.2 Å². The fourth-order valence-corrected chi connectivity index (χ4v) is 5.13. The number of nitrogens with zero attached hydrogens (tertiary/aromatic N) is 1. The van der Waals surface area contributed by atoms with Crippen molar-refractivity contribution in [2.24, 2.45) is 0 Å². The first kappa shape index (κ1) is 21.5. The molecular formula is C23H30N2O3S. The van der Waals surface area contributed by atoms with Gasteiger partial charge in [-0.05, 0) is 62.4 Å². The van der Waals surface area contributed by atoms with Gasteiger partial charge in [-0.2, -0.15) is 4.31 Å². The Morgan fingerprint density at radius 1 is 0.966 bits per heavy atom. The summed E-state index contributed by atoms with van der Waals surface area (Å²) in [6.07, 6.45) is 5.70. The van der Waals surface area contributed by atoms with Gasteiger partial charge in [-0.15, -0.1) is 0 Å². The molecule has 1 aliphatic heterocycles. The van der Waals surface area contributed by atoms with Crippen LogP contribution in [0.3, 0.4) is 0 Å². The van der Waals surface area contributed by atoms with Gasteiger partial charge < -0.3 is 5.32 Å². The monoisotopic (exact) mass is 414 g/mol. The Morgan fingerprint density at radius 3 is 2.21 bits per heavy atom. The van der Waals surface area contributed by atoms with E-state index >= 15 is 0 Å². The summed E-state index contributed by atoms with van der Waals surface area (Å²) in [6.45, 7) is 3.13. The molecule has 156 valence electrons. The van der Waals surface area contributed by atoms with Crippen molar-refractivity contribution in [3.63, 3.8) is 0 Å². The molecule has 0 radical (unpaired) electrons. The summed E-state index contributed by atoms with van der Waals surface area (Å²) >= 11 is 0. The molecule has 3 rings (SSSR count). The molecule has 2 aromatic carbocycles. The molecule has 29 heavy (non-hydrogen) atoms. The number of aryl methyl sites for hydroxylation is 1. The van der Waals surface area contributed by atoms with Crippen LogP contribution in [0.1, 0.15) is 54.9 Å². The fourth-order valence-electron chi connectivity index (χ4n) is 3.62. The van der Waals surface area contributed by atoms with Crippen molar-refractivity contribution >= 4 is 15.9 Å². The van der Waals surface area contributed by atoms with Gasteiger partial charge in [0.05, 0.1) is 4.90 Å². The lowest BCUT2D eigenvalue weighted by Crippen LogP contribution is -2.33. The molecule has 1 aliphatic rings. The molecule has 1 saturated heterocycles. The van der Waals surface area contributed by atoms with Crippen LogP contribution < -0.4 is 5.32 Å². The van der Waals surface area contributed by atoms with Crippen LogP contribution in [0.5, 0.6) is 0 Å². The minimum Gasteiger partial charge on any atom is -0.350 e. The molecule has 2 aromatic rings. The van der Waals surface area contributed by atoms with E-state index in [-0.39, 0.29) is 16.8 Å². The van der Waals surface area contributed by atoms with Crippen LogP contribution in [0, 0.1) is 0 Å². The molecule has 6 heteroatoms. The van der Waals surface area contributed by atoms with Crippen molar-refractivity contribution in [1.29, 1.82) is 0 Å². The molecule has 1 atom stereocenters. The first-order chi connectivity index (χ1) is 14.0. The zero-order chi connectivity index (χ0) is 20.7. The van der Waals surface area contributed by atoms with Crippen LogP contribution >= 0.6 is 0 Å². The molecule has 1 N–H and O–H groups in total. The van der Waals surface area contributed by atoms with Crippen LogP contribution in [-0.2, 0) is 16.4 Å². The topological polar surface area (TPSA) is 66.5 Å². The largest absolute Gasteiger partial charge is 0.350 e. The third-order valence-corrected chi connectivity index (χ3v) is 7.32. The highest BCUT2D eigenvalue weighted by atomic mass is 32.2. The van der Waals surface area contributed by atoms with Gasteiger partial charge >= 0.3 is 0 Å². The standard InChI is InChI=1S/C23H30N2O3S/c1-19(11-12-20-9-5-4-6-10-20)24-23(26)21-13-15-22(16-14-21)29(27,28)25-17-7-2-3-8-18-25/h4-6,9-10,13-16,19H,2-3,7-8,11-12,17-18H2,1H3,(H,24,26)/t19-/m0/s1. The van der Waals surface area contributed by atoms with Crippen LogP contribution in [0.25, 0.3) is 0 Å². The number of hydrogen-bond donors (Lipinski definition) is 1. The van der Waals surface area contributed by atoms with Crippen molar-refractivity contribution in [3.8, 4) is 0 Å². The third-order valence-electron chi connectivity index (χ3n) is 5.41. The molecule has 1 amide bonds. The maximum Gasteiger partial charge on any atom is 0.251 e. The molecule has 1 heterocycles. The van der Waals surface area contributed by atoms with Gasteiger partial charge in [0, 0.05) is 24.7 Å². The summed E-state index contributed by atoms with van der Waals surface area (Å²) in [4.78, 5) is 12.8. The average molecular weight is 415 g/mol. The van der Waals surface area contributed by atoms with Crippen molar-refractivity contribution in [3.05, 3.63) is 65.7 Å². The van der Waals surface area contributed by atoms with Crippen LogP contribution in [-0.4, -0.2) is 37.8 Å². The summed E-state index contributed by atoms with van der Waals surface area (Å²) in [5, 5.41) is 3.00. The summed E-state index contributed by atoms with van der Waals surface area (Å²) in [7, 11) is -3.49. The normalized spacial score (nSPS) is 16.7. The zero-order valence-corrected chi connectivity index (χ0v) is 17.8. The van der Waals surface area contributed by atoms with E-state index in [0.717, 1.165) is 38.5 Å². The quantitative estimate of drug-likeness (QED) is 0.745. The number of benzene rings is 2. The van der Waals surface area contributed by atoms with Gasteiger partial charge in [-0.3, -0.25) is 4.79 Å². The maximum atomic E-state index is 12.8. The molecular weight excluding hydrogens is 384 g/mol. The van der Waals surface area contributed by atoms with E-state index in [1.54, 1.807) is 28.6 Å². The zero-order valence-electron chi connectivity index (χ0n) is 17.0. The predicted octanol–water partition coefficient (Wildman–Crippen LogP) is 4.00. The molecule has 0 aromatic heterocycles. The molecule has 0 bridgehead atoms. The molecule has 5 nitrogen and oxygen atoms in total. The van der Waals surface area contributed by atoms with E-state index in [1.165, 1.54) is 5.56 Å². The highest BCUT2D eigenvalue weighted by Gasteiger charge is 2.25. The summed E-state index contributed by atoms with van der Waals surface area (Å²) in [5.74, 6) is -0.177. The number of carbonyl (C=O) groups is 1.